The molecule has 0 fully saturated rings. The number of hydrogen-bond donors (Lipinski definition) is 4. The number of nitrogens with one attached hydrogen (secondary N) is 3. The van der Waals surface area contributed by atoms with Gasteiger partial charge in [0, 0.05) is 48.3 Å². The van der Waals surface area contributed by atoms with Crippen LogP contribution in [-0.4, -0.2) is 53.9 Å². The van der Waals surface area contributed by atoms with Crippen molar-refractivity contribution in [2.75, 3.05) is 25.9 Å². The summed E-state index contributed by atoms with van der Waals surface area (Å²) >= 11 is 6.46. The highest BCUT2D eigenvalue weighted by molar-refractivity contribution is 6.33. The maximum atomic E-state index is 13.6. The molecule has 5 N–H and O–H groups in total. The summed E-state index contributed by atoms with van der Waals surface area (Å²) in [6.07, 6.45) is 5.57. The molecular weight excluding hydrogens is 571 g/mol. The summed E-state index contributed by atoms with van der Waals surface area (Å²) in [5.74, 6) is -1.20. The number of halogens is 2. The largest absolute Gasteiger partial charge is 0.397 e. The lowest BCUT2D eigenvalue weighted by Crippen LogP contribution is -2.30. The quantitative estimate of drug-likeness (QED) is 0.0574. The third-order valence-electron chi connectivity index (χ3n) is 7.54. The normalized spacial score (nSPS) is 13.2. The zero-order valence-electron chi connectivity index (χ0n) is 25.3. The van der Waals surface area contributed by atoms with Crippen LogP contribution in [0.25, 0.3) is 11.0 Å². The summed E-state index contributed by atoms with van der Waals surface area (Å²) in [4.78, 5) is 44.7. The molecule has 0 aliphatic carbocycles. The molecule has 0 aliphatic heterocycles. The molecular formula is C32H42ClFN6O3. The summed E-state index contributed by atoms with van der Waals surface area (Å²) in [5.41, 5.74) is 9.37. The highest BCUT2D eigenvalue weighted by atomic mass is 35.5. The van der Waals surface area contributed by atoms with Crippen LogP contribution in [0.1, 0.15) is 74.6 Å². The second-order valence-electron chi connectivity index (χ2n) is 12.4. The van der Waals surface area contributed by atoms with Crippen molar-refractivity contribution in [3.8, 4) is 0 Å². The zero-order chi connectivity index (χ0) is 31.7. The Morgan fingerprint density at radius 2 is 1.95 bits per heavy atom. The van der Waals surface area contributed by atoms with E-state index in [0.29, 0.717) is 78.8 Å². The average molecular weight is 613 g/mol. The average Bonchev–Trinajstić information content (AvgIpc) is 2.93. The summed E-state index contributed by atoms with van der Waals surface area (Å²) in [6.45, 7) is 8.23. The molecule has 2 heterocycles. The minimum atomic E-state index is -0.679. The lowest BCUT2D eigenvalue weighted by atomic mass is 9.86. The van der Waals surface area contributed by atoms with E-state index in [1.54, 1.807) is 18.2 Å². The minimum Gasteiger partial charge on any atom is -0.397 e. The first-order valence-corrected chi connectivity index (χ1v) is 14.8. The van der Waals surface area contributed by atoms with Gasteiger partial charge in [0.2, 0.25) is 12.4 Å². The first kappa shape index (κ1) is 33.9. The van der Waals surface area contributed by atoms with Crippen molar-refractivity contribution >= 4 is 47.2 Å². The van der Waals surface area contributed by atoms with Crippen molar-refractivity contribution < 1.29 is 14.0 Å². The molecule has 2 atom stereocenters. The van der Waals surface area contributed by atoms with E-state index in [-0.39, 0.29) is 28.5 Å². The molecule has 0 saturated heterocycles. The van der Waals surface area contributed by atoms with Gasteiger partial charge in [-0.15, -0.1) is 0 Å². The van der Waals surface area contributed by atoms with Crippen LogP contribution in [0.15, 0.2) is 29.1 Å². The van der Waals surface area contributed by atoms with Crippen molar-refractivity contribution in [2.24, 2.45) is 11.3 Å². The number of amides is 1. The molecule has 0 bridgehead atoms. The number of hydrogen-bond acceptors (Lipinski definition) is 7. The van der Waals surface area contributed by atoms with E-state index in [2.05, 4.69) is 41.0 Å². The number of carbonyl (C=O) groups excluding carboxylic acids is 2. The van der Waals surface area contributed by atoms with E-state index in [4.69, 9.17) is 22.7 Å². The number of nitrogens with two attached hydrogens (primary N) is 1. The molecule has 232 valence electrons. The Kier molecular flexibility index (Phi) is 12.0. The van der Waals surface area contributed by atoms with Crippen molar-refractivity contribution in [3.05, 3.63) is 67.8 Å². The van der Waals surface area contributed by atoms with Crippen LogP contribution in [0.4, 0.5) is 10.1 Å². The van der Waals surface area contributed by atoms with Crippen LogP contribution >= 0.6 is 11.6 Å². The molecule has 1 aromatic carbocycles. The van der Waals surface area contributed by atoms with Gasteiger partial charge in [0.25, 0.3) is 5.56 Å². The van der Waals surface area contributed by atoms with E-state index in [9.17, 15) is 18.8 Å². The van der Waals surface area contributed by atoms with Gasteiger partial charge in [-0.3, -0.25) is 9.59 Å². The van der Waals surface area contributed by atoms with E-state index in [1.807, 2.05) is 7.05 Å². The summed E-state index contributed by atoms with van der Waals surface area (Å²) < 4.78 is 13.6. The van der Waals surface area contributed by atoms with Crippen LogP contribution in [0.3, 0.4) is 0 Å². The van der Waals surface area contributed by atoms with Crippen LogP contribution in [0, 0.1) is 22.7 Å². The number of nitrogens with zero attached hydrogens (tertiary/aromatic N) is 2. The first-order valence-electron chi connectivity index (χ1n) is 14.5. The van der Waals surface area contributed by atoms with Gasteiger partial charge in [-0.25, -0.2) is 4.98 Å². The number of aromatic nitrogens is 2. The number of anilines is 1. The number of benzene rings is 1. The lowest BCUT2D eigenvalue weighted by Gasteiger charge is -2.28. The van der Waals surface area contributed by atoms with Crippen LogP contribution in [0.5, 0.6) is 0 Å². The fraction of sp³-hybridized carbons (Fsp3) is 0.469. The van der Waals surface area contributed by atoms with E-state index >= 15 is 0 Å². The molecule has 3 aromatic rings. The Balaban J connectivity index is 1.81. The Morgan fingerprint density at radius 3 is 2.60 bits per heavy atom. The Hall–Kier alpha value is -3.63. The van der Waals surface area contributed by atoms with Gasteiger partial charge < -0.3 is 31.1 Å². The predicted octanol–water partition coefficient (Wildman–Crippen LogP) is 5.22. The van der Waals surface area contributed by atoms with Crippen molar-refractivity contribution in [1.29, 1.82) is 5.41 Å². The molecule has 11 heteroatoms. The van der Waals surface area contributed by atoms with E-state index < -0.39 is 5.95 Å². The van der Waals surface area contributed by atoms with Gasteiger partial charge in [-0.2, -0.15) is 4.39 Å². The Labute approximate surface area is 256 Å². The predicted molar refractivity (Wildman–Crippen MR) is 170 cm³/mol. The van der Waals surface area contributed by atoms with Gasteiger partial charge in [0.15, 0.2) is 0 Å². The number of aromatic amines is 1. The third kappa shape index (κ3) is 9.43. The maximum absolute atomic E-state index is 13.6. The van der Waals surface area contributed by atoms with Crippen molar-refractivity contribution in [1.82, 2.24) is 20.2 Å². The number of aldehydes is 1. The van der Waals surface area contributed by atoms with Crippen LogP contribution in [-0.2, 0) is 22.6 Å². The van der Waals surface area contributed by atoms with Crippen LogP contribution < -0.4 is 16.6 Å². The van der Waals surface area contributed by atoms with Gasteiger partial charge in [-0.05, 0) is 79.5 Å². The number of carbonyl (C=O) groups is 2. The number of fused-ring (bicyclic) bond motifs is 1. The van der Waals surface area contributed by atoms with E-state index in [1.165, 1.54) is 12.3 Å². The zero-order valence-corrected chi connectivity index (χ0v) is 26.1. The van der Waals surface area contributed by atoms with Gasteiger partial charge >= 0.3 is 0 Å². The Morgan fingerprint density at radius 1 is 1.21 bits per heavy atom. The number of pyridine rings is 2. The summed E-state index contributed by atoms with van der Waals surface area (Å²) in [6, 6.07) is 6.33. The molecule has 9 nitrogen and oxygen atoms in total. The van der Waals surface area contributed by atoms with Gasteiger partial charge in [0.1, 0.15) is 11.9 Å². The summed E-state index contributed by atoms with van der Waals surface area (Å²) in [7, 11) is 2.02. The fourth-order valence-corrected chi connectivity index (χ4v) is 5.96. The molecule has 0 saturated carbocycles. The van der Waals surface area contributed by atoms with Crippen molar-refractivity contribution in [2.45, 2.75) is 65.3 Å². The number of nitrogen functional groups attached to an aromatic ring is 1. The molecule has 0 aliphatic rings. The lowest BCUT2D eigenvalue weighted by molar-refractivity contribution is -0.111. The molecule has 2 unspecified atom stereocenters. The monoisotopic (exact) mass is 612 g/mol. The highest BCUT2D eigenvalue weighted by Crippen LogP contribution is 2.32. The molecule has 3 rings (SSSR count). The van der Waals surface area contributed by atoms with Gasteiger partial charge in [0.05, 0.1) is 10.7 Å². The second kappa shape index (κ2) is 15.2. The molecule has 2 aromatic heterocycles. The molecule has 0 radical (unpaired) electrons. The molecule has 1 amide bonds. The van der Waals surface area contributed by atoms with Crippen molar-refractivity contribution in [3.63, 3.8) is 0 Å². The Bertz CT molecular complexity index is 1500. The van der Waals surface area contributed by atoms with Crippen LogP contribution in [0.2, 0.25) is 5.02 Å². The maximum Gasteiger partial charge on any atom is 0.253 e. The fourth-order valence-electron chi connectivity index (χ4n) is 5.73. The molecule has 0 spiro atoms. The second-order valence-corrected chi connectivity index (χ2v) is 12.8. The topological polar surface area (TPSA) is 145 Å². The minimum absolute atomic E-state index is 0.0697. The standard InChI is InChI=1S/C32H42ClFN6O3/c1-32(2,3)18-40(4)16-26-23(14-27(33)29(36)25(26)15-35)12-20(17-41)6-5-7-21(10-11-37-19-42)24-13-22-8-9-28(34)38-30(22)39-31(24)43/h8-9,13-15,17,19-21,35H,5-7,10-12,16,18,36H2,1-4H3,(H,37,42)(H,38,39,43). The SMILES string of the molecule is CN(Cc1c(CC(C=O)CCCC(CCNC=O)c2cc3ccc(F)nc3[nH]c2=O)cc(Cl)c(N)c1C=N)CC(C)(C)C. The third-order valence-corrected chi connectivity index (χ3v) is 7.85. The molecule has 43 heavy (non-hydrogen) atoms. The smallest absolute Gasteiger partial charge is 0.253 e. The van der Waals surface area contributed by atoms with E-state index in [0.717, 1.165) is 24.0 Å². The van der Waals surface area contributed by atoms with Gasteiger partial charge in [-0.1, -0.05) is 38.8 Å². The number of rotatable bonds is 16. The first-order chi connectivity index (χ1) is 20.4. The number of H-pyrrole nitrogens is 1. The summed E-state index contributed by atoms with van der Waals surface area (Å²) in [5, 5.41) is 11.7. The highest BCUT2D eigenvalue weighted by Gasteiger charge is 2.22.